The third kappa shape index (κ3) is 2.03. The van der Waals surface area contributed by atoms with Crippen LogP contribution in [0.1, 0.15) is 19.3 Å². The number of nitro benzene ring substituents is 1. The van der Waals surface area contributed by atoms with Gasteiger partial charge in [0.05, 0.1) is 4.92 Å². The first-order valence-corrected chi connectivity index (χ1v) is 5.62. The van der Waals surface area contributed by atoms with Gasteiger partial charge in [0.1, 0.15) is 11.4 Å². The van der Waals surface area contributed by atoms with Crippen LogP contribution in [0.15, 0.2) is 18.2 Å². The summed E-state index contributed by atoms with van der Waals surface area (Å²) in [5.41, 5.74) is 3.39. The van der Waals surface area contributed by atoms with E-state index in [0.29, 0.717) is 17.4 Å². The molecule has 0 amide bonds. The van der Waals surface area contributed by atoms with Crippen molar-refractivity contribution in [1.29, 1.82) is 0 Å². The highest BCUT2D eigenvalue weighted by Gasteiger charge is 2.28. The summed E-state index contributed by atoms with van der Waals surface area (Å²) in [7, 11) is 1.90. The minimum absolute atomic E-state index is 0.0457. The number of hydrazine groups is 1. The second kappa shape index (κ2) is 4.58. The molecule has 0 aliphatic heterocycles. The molecule has 0 unspecified atom stereocenters. The Labute approximate surface area is 99.5 Å². The van der Waals surface area contributed by atoms with E-state index in [0.717, 1.165) is 12.8 Å². The van der Waals surface area contributed by atoms with E-state index in [-0.39, 0.29) is 10.6 Å². The van der Waals surface area contributed by atoms with Crippen molar-refractivity contribution >= 4 is 17.1 Å². The maximum atomic E-state index is 11.1. The molecular formula is C11H16N4O2. The van der Waals surface area contributed by atoms with E-state index >= 15 is 0 Å². The Morgan fingerprint density at radius 3 is 2.71 bits per heavy atom. The van der Waals surface area contributed by atoms with Gasteiger partial charge in [-0.25, -0.2) is 0 Å². The number of rotatable bonds is 4. The highest BCUT2D eigenvalue weighted by atomic mass is 16.6. The molecule has 6 nitrogen and oxygen atoms in total. The molecule has 1 fully saturated rings. The quantitative estimate of drug-likeness (QED) is 0.473. The topological polar surface area (TPSA) is 84.4 Å². The maximum absolute atomic E-state index is 11.1. The molecule has 17 heavy (non-hydrogen) atoms. The van der Waals surface area contributed by atoms with Crippen LogP contribution in [0.3, 0.4) is 0 Å². The minimum atomic E-state index is -0.389. The Hall–Kier alpha value is -1.82. The summed E-state index contributed by atoms with van der Waals surface area (Å²) in [5.74, 6) is 5.31. The van der Waals surface area contributed by atoms with Gasteiger partial charge < -0.3 is 10.3 Å². The van der Waals surface area contributed by atoms with Crippen molar-refractivity contribution in [3.8, 4) is 0 Å². The number of nitrogens with zero attached hydrogens (tertiary/aromatic N) is 2. The van der Waals surface area contributed by atoms with Gasteiger partial charge in [-0.05, 0) is 31.4 Å². The van der Waals surface area contributed by atoms with E-state index in [1.54, 1.807) is 18.2 Å². The fraction of sp³-hybridized carbons (Fsp3) is 0.455. The average Bonchev–Trinajstić information content (AvgIpc) is 2.25. The summed E-state index contributed by atoms with van der Waals surface area (Å²) in [6.07, 6.45) is 3.37. The van der Waals surface area contributed by atoms with E-state index in [2.05, 4.69) is 5.43 Å². The largest absolute Gasteiger partial charge is 0.366 e. The third-order valence-electron chi connectivity index (χ3n) is 3.36. The molecule has 0 saturated heterocycles. The van der Waals surface area contributed by atoms with Crippen LogP contribution in [0.4, 0.5) is 17.1 Å². The van der Waals surface area contributed by atoms with E-state index in [1.807, 2.05) is 11.9 Å². The summed E-state index contributed by atoms with van der Waals surface area (Å²) in [5, 5.41) is 11.1. The zero-order chi connectivity index (χ0) is 12.4. The molecule has 0 heterocycles. The van der Waals surface area contributed by atoms with Crippen LogP contribution in [0.2, 0.25) is 0 Å². The Balaban J connectivity index is 2.40. The molecule has 92 valence electrons. The van der Waals surface area contributed by atoms with Crippen LogP contribution >= 0.6 is 0 Å². The second-order valence-corrected chi connectivity index (χ2v) is 4.27. The molecule has 0 spiro atoms. The first-order valence-electron chi connectivity index (χ1n) is 5.62. The zero-order valence-electron chi connectivity index (χ0n) is 9.72. The zero-order valence-corrected chi connectivity index (χ0v) is 9.72. The molecule has 6 heteroatoms. The van der Waals surface area contributed by atoms with Crippen molar-refractivity contribution < 1.29 is 4.92 Å². The number of nitrogens with one attached hydrogen (secondary N) is 1. The number of anilines is 2. The van der Waals surface area contributed by atoms with Crippen molar-refractivity contribution in [3.63, 3.8) is 0 Å². The molecule has 2 rings (SSSR count). The summed E-state index contributed by atoms with van der Waals surface area (Å²) in [6, 6.07) is 5.54. The molecule has 0 bridgehead atoms. The fourth-order valence-corrected chi connectivity index (χ4v) is 2.09. The van der Waals surface area contributed by atoms with Crippen LogP contribution < -0.4 is 16.2 Å². The number of para-hydroxylation sites is 1. The molecule has 1 aliphatic carbocycles. The number of nitrogens with two attached hydrogens (primary N) is 1. The number of hydrogen-bond acceptors (Lipinski definition) is 5. The summed E-state index contributed by atoms with van der Waals surface area (Å²) >= 11 is 0. The normalized spacial score (nSPS) is 15.2. The van der Waals surface area contributed by atoms with Gasteiger partial charge in [0, 0.05) is 13.1 Å². The Kier molecular flexibility index (Phi) is 3.14. The van der Waals surface area contributed by atoms with Gasteiger partial charge in [-0.2, -0.15) is 0 Å². The Morgan fingerprint density at radius 2 is 2.24 bits per heavy atom. The highest BCUT2D eigenvalue weighted by molar-refractivity contribution is 5.76. The summed E-state index contributed by atoms with van der Waals surface area (Å²) in [4.78, 5) is 12.7. The van der Waals surface area contributed by atoms with Crippen LogP contribution in [-0.4, -0.2) is 18.0 Å². The van der Waals surface area contributed by atoms with Gasteiger partial charge >= 0.3 is 5.69 Å². The SMILES string of the molecule is CN(c1cccc(NN)c1[N+](=O)[O-])C1CCC1. The van der Waals surface area contributed by atoms with Crippen LogP contribution in [0, 0.1) is 10.1 Å². The molecular weight excluding hydrogens is 220 g/mol. The van der Waals surface area contributed by atoms with E-state index < -0.39 is 0 Å². The molecule has 3 N–H and O–H groups in total. The van der Waals surface area contributed by atoms with Crippen molar-refractivity contribution in [2.75, 3.05) is 17.4 Å². The van der Waals surface area contributed by atoms with Gasteiger partial charge in [-0.15, -0.1) is 0 Å². The average molecular weight is 236 g/mol. The van der Waals surface area contributed by atoms with Crippen LogP contribution in [-0.2, 0) is 0 Å². The summed E-state index contributed by atoms with van der Waals surface area (Å²) in [6.45, 7) is 0. The first kappa shape index (κ1) is 11.7. The van der Waals surface area contributed by atoms with Crippen molar-refractivity contribution in [3.05, 3.63) is 28.3 Å². The number of benzene rings is 1. The standard InChI is InChI=1S/C11H16N4O2/c1-14(8-4-2-5-8)10-7-3-6-9(13-12)11(10)15(16)17/h3,6-8,13H,2,4-5,12H2,1H3. The number of hydrogen-bond donors (Lipinski definition) is 2. The highest BCUT2D eigenvalue weighted by Crippen LogP contribution is 2.38. The van der Waals surface area contributed by atoms with Gasteiger partial charge in [0.15, 0.2) is 0 Å². The van der Waals surface area contributed by atoms with Crippen LogP contribution in [0.5, 0.6) is 0 Å². The predicted octanol–water partition coefficient (Wildman–Crippen LogP) is 1.87. The van der Waals surface area contributed by atoms with Crippen LogP contribution in [0.25, 0.3) is 0 Å². The van der Waals surface area contributed by atoms with Gasteiger partial charge in [0.2, 0.25) is 0 Å². The third-order valence-corrected chi connectivity index (χ3v) is 3.36. The maximum Gasteiger partial charge on any atom is 0.316 e. The molecule has 1 aliphatic rings. The second-order valence-electron chi connectivity index (χ2n) is 4.27. The first-order chi connectivity index (χ1) is 8.15. The molecule has 1 saturated carbocycles. The van der Waals surface area contributed by atoms with Gasteiger partial charge in [-0.1, -0.05) is 6.07 Å². The lowest BCUT2D eigenvalue weighted by atomic mass is 9.91. The molecule has 0 atom stereocenters. The molecule has 1 aromatic carbocycles. The molecule has 0 radical (unpaired) electrons. The van der Waals surface area contributed by atoms with Crippen molar-refractivity contribution in [1.82, 2.24) is 0 Å². The predicted molar refractivity (Wildman–Crippen MR) is 66.9 cm³/mol. The Morgan fingerprint density at radius 1 is 1.53 bits per heavy atom. The molecule has 0 aromatic heterocycles. The minimum Gasteiger partial charge on any atom is -0.366 e. The fourth-order valence-electron chi connectivity index (χ4n) is 2.09. The lowest BCUT2D eigenvalue weighted by molar-refractivity contribution is -0.383. The smallest absolute Gasteiger partial charge is 0.316 e. The van der Waals surface area contributed by atoms with Gasteiger partial charge in [0.25, 0.3) is 0 Å². The number of nitro groups is 1. The van der Waals surface area contributed by atoms with E-state index in [9.17, 15) is 10.1 Å². The Bertz CT molecular complexity index is 431. The van der Waals surface area contributed by atoms with Crippen molar-refractivity contribution in [2.24, 2.45) is 5.84 Å². The van der Waals surface area contributed by atoms with Crippen molar-refractivity contribution in [2.45, 2.75) is 25.3 Å². The molecule has 1 aromatic rings. The van der Waals surface area contributed by atoms with E-state index in [4.69, 9.17) is 5.84 Å². The lowest BCUT2D eigenvalue weighted by Gasteiger charge is -2.36. The lowest BCUT2D eigenvalue weighted by Crippen LogP contribution is -2.37. The summed E-state index contributed by atoms with van der Waals surface area (Å²) < 4.78 is 0. The van der Waals surface area contributed by atoms with E-state index in [1.165, 1.54) is 6.42 Å². The number of nitrogen functional groups attached to an aromatic ring is 1. The van der Waals surface area contributed by atoms with Gasteiger partial charge in [-0.3, -0.25) is 16.0 Å². The monoisotopic (exact) mass is 236 g/mol.